The molecular weight excluding hydrogens is 336 g/mol. The molecule has 1 heterocycles. The predicted molar refractivity (Wildman–Crippen MR) is 99.8 cm³/mol. The number of hydrogen-bond donors (Lipinski definition) is 1. The molecule has 128 valence electrons. The second-order valence-electron chi connectivity index (χ2n) is 6.82. The molecule has 0 saturated carbocycles. The molecule has 2 N–H and O–H groups in total. The van der Waals surface area contributed by atoms with Crippen LogP contribution in [0.2, 0.25) is 5.02 Å². The summed E-state index contributed by atoms with van der Waals surface area (Å²) >= 11 is 6.16. The molecule has 3 rings (SSSR count). The van der Waals surface area contributed by atoms with Crippen LogP contribution in [0.5, 0.6) is 0 Å². The molecule has 0 radical (unpaired) electrons. The molecule has 0 bridgehead atoms. The minimum atomic E-state index is -0.330. The average molecular weight is 355 g/mol. The molecule has 3 aromatic rings. The van der Waals surface area contributed by atoms with Crippen LogP contribution in [0.15, 0.2) is 48.5 Å². The lowest BCUT2D eigenvalue weighted by Gasteiger charge is -2.18. The first-order valence-corrected chi connectivity index (χ1v) is 8.28. The molecular formula is C19H19ClN4O. The third kappa shape index (κ3) is 3.42. The predicted octanol–water partition coefficient (Wildman–Crippen LogP) is 4.17. The zero-order valence-electron chi connectivity index (χ0n) is 14.3. The van der Waals surface area contributed by atoms with Crippen molar-refractivity contribution in [2.45, 2.75) is 26.2 Å². The fourth-order valence-electron chi connectivity index (χ4n) is 2.47. The Kier molecular flexibility index (Phi) is 4.35. The van der Waals surface area contributed by atoms with Crippen LogP contribution in [0.4, 0.5) is 5.95 Å². The van der Waals surface area contributed by atoms with Crippen LogP contribution in [0.1, 0.15) is 36.7 Å². The molecule has 0 amide bonds. The number of nitrogens with two attached hydrogens (primary N) is 1. The van der Waals surface area contributed by atoms with Gasteiger partial charge in [0.1, 0.15) is 0 Å². The van der Waals surface area contributed by atoms with Crippen molar-refractivity contribution >= 4 is 23.5 Å². The summed E-state index contributed by atoms with van der Waals surface area (Å²) in [6, 6.07) is 14.6. The van der Waals surface area contributed by atoms with Crippen LogP contribution < -0.4 is 5.73 Å². The molecule has 5 nitrogen and oxygen atoms in total. The summed E-state index contributed by atoms with van der Waals surface area (Å²) in [5.74, 6) is 0.0198. The molecule has 6 heteroatoms. The molecule has 2 aromatic carbocycles. The number of hydrogen-bond acceptors (Lipinski definition) is 4. The highest BCUT2D eigenvalue weighted by atomic mass is 35.5. The first-order chi connectivity index (χ1) is 11.8. The number of benzene rings is 2. The Labute approximate surface area is 151 Å². The second-order valence-corrected chi connectivity index (χ2v) is 7.22. The fraction of sp³-hybridized carbons (Fsp3) is 0.211. The Morgan fingerprint density at radius 3 is 2.32 bits per heavy atom. The van der Waals surface area contributed by atoms with Gasteiger partial charge < -0.3 is 5.73 Å². The molecule has 0 fully saturated rings. The van der Waals surface area contributed by atoms with Crippen LogP contribution in [0.25, 0.3) is 11.4 Å². The third-order valence-electron chi connectivity index (χ3n) is 3.94. The Morgan fingerprint density at radius 2 is 1.72 bits per heavy atom. The van der Waals surface area contributed by atoms with Crippen molar-refractivity contribution in [1.82, 2.24) is 14.8 Å². The van der Waals surface area contributed by atoms with E-state index in [0.717, 1.165) is 10.2 Å². The Morgan fingerprint density at radius 1 is 1.08 bits per heavy atom. The monoisotopic (exact) mass is 354 g/mol. The van der Waals surface area contributed by atoms with Crippen LogP contribution in [0, 0.1) is 0 Å². The van der Waals surface area contributed by atoms with Crippen molar-refractivity contribution in [3.63, 3.8) is 0 Å². The van der Waals surface area contributed by atoms with Gasteiger partial charge in [0.15, 0.2) is 5.82 Å². The SMILES string of the molecule is CC(C)(C)c1ccc(C(=O)n2nc(-c3ccccc3Cl)nc2N)cc1. The first-order valence-electron chi connectivity index (χ1n) is 7.90. The van der Waals surface area contributed by atoms with Gasteiger partial charge >= 0.3 is 0 Å². The van der Waals surface area contributed by atoms with Crippen molar-refractivity contribution < 1.29 is 4.79 Å². The van der Waals surface area contributed by atoms with Crippen LogP contribution in [0.3, 0.4) is 0 Å². The van der Waals surface area contributed by atoms with Crippen LogP contribution >= 0.6 is 11.6 Å². The summed E-state index contributed by atoms with van der Waals surface area (Å²) in [7, 11) is 0. The van der Waals surface area contributed by atoms with Crippen molar-refractivity contribution in [2.75, 3.05) is 5.73 Å². The molecule has 0 spiro atoms. The van der Waals surface area contributed by atoms with Crippen molar-refractivity contribution in [3.8, 4) is 11.4 Å². The quantitative estimate of drug-likeness (QED) is 0.749. The molecule has 1 aromatic heterocycles. The first kappa shape index (κ1) is 17.2. The largest absolute Gasteiger partial charge is 0.368 e. The number of carbonyl (C=O) groups is 1. The number of nitrogens with zero attached hydrogens (tertiary/aromatic N) is 3. The van der Waals surface area contributed by atoms with Crippen molar-refractivity contribution in [2.24, 2.45) is 0 Å². The minimum Gasteiger partial charge on any atom is -0.368 e. The van der Waals surface area contributed by atoms with E-state index in [0.29, 0.717) is 22.0 Å². The maximum absolute atomic E-state index is 12.7. The van der Waals surface area contributed by atoms with E-state index in [1.165, 1.54) is 0 Å². The normalized spacial score (nSPS) is 11.5. The molecule has 0 atom stereocenters. The number of halogens is 1. The van der Waals surface area contributed by atoms with Gasteiger partial charge in [0, 0.05) is 11.1 Å². The number of anilines is 1. The van der Waals surface area contributed by atoms with Gasteiger partial charge in [0.25, 0.3) is 5.91 Å². The van der Waals surface area contributed by atoms with Gasteiger partial charge in [0.05, 0.1) is 5.02 Å². The zero-order valence-corrected chi connectivity index (χ0v) is 15.1. The molecule has 0 aliphatic heterocycles. The van der Waals surface area contributed by atoms with Crippen molar-refractivity contribution in [1.29, 1.82) is 0 Å². The number of rotatable bonds is 2. The summed E-state index contributed by atoms with van der Waals surface area (Å²) in [4.78, 5) is 16.9. The molecule has 0 saturated heterocycles. The lowest BCUT2D eigenvalue weighted by atomic mass is 9.87. The summed E-state index contributed by atoms with van der Waals surface area (Å²) in [5, 5.41) is 4.74. The maximum atomic E-state index is 12.7. The highest BCUT2D eigenvalue weighted by Gasteiger charge is 2.19. The van der Waals surface area contributed by atoms with E-state index in [9.17, 15) is 4.79 Å². The lowest BCUT2D eigenvalue weighted by molar-refractivity contribution is 0.0948. The Bertz CT molecular complexity index is 923. The number of nitrogen functional groups attached to an aromatic ring is 1. The lowest BCUT2D eigenvalue weighted by Crippen LogP contribution is -2.17. The van der Waals surface area contributed by atoms with Gasteiger partial charge in [-0.1, -0.05) is 56.6 Å². The van der Waals surface area contributed by atoms with Gasteiger partial charge in [0.2, 0.25) is 5.95 Å². The van der Waals surface area contributed by atoms with E-state index in [-0.39, 0.29) is 17.3 Å². The van der Waals surface area contributed by atoms with E-state index >= 15 is 0 Å². The Balaban J connectivity index is 1.95. The summed E-state index contributed by atoms with van der Waals surface area (Å²) in [6.45, 7) is 6.36. The minimum absolute atomic E-state index is 0.0189. The van der Waals surface area contributed by atoms with Crippen LogP contribution in [-0.4, -0.2) is 20.7 Å². The van der Waals surface area contributed by atoms with Gasteiger partial charge in [-0.05, 0) is 35.2 Å². The molecule has 0 unspecified atom stereocenters. The highest BCUT2D eigenvalue weighted by Crippen LogP contribution is 2.26. The maximum Gasteiger partial charge on any atom is 0.281 e. The molecule has 25 heavy (non-hydrogen) atoms. The second kappa shape index (κ2) is 6.33. The average Bonchev–Trinajstić information content (AvgIpc) is 2.95. The van der Waals surface area contributed by atoms with Gasteiger partial charge in [-0.15, -0.1) is 5.10 Å². The summed E-state index contributed by atoms with van der Waals surface area (Å²) in [6.07, 6.45) is 0. The topological polar surface area (TPSA) is 73.8 Å². The van der Waals surface area contributed by atoms with E-state index in [1.54, 1.807) is 24.3 Å². The van der Waals surface area contributed by atoms with Gasteiger partial charge in [-0.3, -0.25) is 4.79 Å². The summed E-state index contributed by atoms with van der Waals surface area (Å²) < 4.78 is 1.10. The number of carbonyl (C=O) groups excluding carboxylic acids is 1. The van der Waals surface area contributed by atoms with E-state index in [4.69, 9.17) is 17.3 Å². The zero-order chi connectivity index (χ0) is 18.2. The van der Waals surface area contributed by atoms with E-state index in [1.807, 2.05) is 24.3 Å². The smallest absolute Gasteiger partial charge is 0.281 e. The number of aromatic nitrogens is 3. The standard InChI is InChI=1S/C19H19ClN4O/c1-19(2,3)13-10-8-12(9-11-13)17(25)24-18(21)22-16(23-24)14-6-4-5-7-15(14)20/h4-11H,1-3H3,(H2,21,22,23). The van der Waals surface area contributed by atoms with E-state index < -0.39 is 0 Å². The molecule has 0 aliphatic carbocycles. The van der Waals surface area contributed by atoms with Crippen molar-refractivity contribution in [3.05, 3.63) is 64.7 Å². The van der Waals surface area contributed by atoms with Gasteiger partial charge in [-0.2, -0.15) is 9.67 Å². The van der Waals surface area contributed by atoms with Gasteiger partial charge in [-0.25, -0.2) is 0 Å². The molecule has 0 aliphatic rings. The summed E-state index contributed by atoms with van der Waals surface area (Å²) in [5.41, 5.74) is 8.18. The van der Waals surface area contributed by atoms with Crippen LogP contribution in [-0.2, 0) is 5.41 Å². The highest BCUT2D eigenvalue weighted by molar-refractivity contribution is 6.33. The Hall–Kier alpha value is -2.66. The third-order valence-corrected chi connectivity index (χ3v) is 4.27. The fourth-order valence-corrected chi connectivity index (χ4v) is 2.69. The van der Waals surface area contributed by atoms with E-state index in [2.05, 4.69) is 30.9 Å².